The van der Waals surface area contributed by atoms with Crippen LogP contribution in [0.25, 0.3) is 0 Å². The first-order valence-electron chi connectivity index (χ1n) is 4.96. The van der Waals surface area contributed by atoms with Crippen LogP contribution in [0.15, 0.2) is 0 Å². The molecular formula is C9H18N2OS. The lowest BCUT2D eigenvalue weighted by atomic mass is 9.81. The fraction of sp³-hybridized carbons (Fsp3) is 1.00. The van der Waals surface area contributed by atoms with E-state index in [1.54, 1.807) is 6.26 Å². The quantitative estimate of drug-likeness (QED) is 0.702. The second-order valence-corrected chi connectivity index (χ2v) is 5.77. The van der Waals surface area contributed by atoms with Gasteiger partial charge >= 0.3 is 0 Å². The molecule has 0 spiro atoms. The monoisotopic (exact) mass is 202 g/mol. The Balaban J connectivity index is 2.13. The largest absolute Gasteiger partial charge is 0.330 e. The third-order valence-electron chi connectivity index (χ3n) is 3.78. The lowest BCUT2D eigenvalue weighted by molar-refractivity contribution is 0.275. The number of rotatable bonds is 2. The molecule has 1 heterocycles. The molecule has 1 saturated heterocycles. The molecule has 76 valence electrons. The van der Waals surface area contributed by atoms with Gasteiger partial charge in [-0.1, -0.05) is 6.42 Å². The van der Waals surface area contributed by atoms with Crippen LogP contribution in [0.5, 0.6) is 0 Å². The van der Waals surface area contributed by atoms with Crippen molar-refractivity contribution in [3.8, 4) is 0 Å². The van der Waals surface area contributed by atoms with Gasteiger partial charge in [0.05, 0.1) is 11.0 Å². The smallest absolute Gasteiger partial charge is 0.0911 e. The molecule has 0 aromatic rings. The predicted octanol–water partition coefficient (Wildman–Crippen LogP) is 0.341. The van der Waals surface area contributed by atoms with E-state index in [9.17, 15) is 4.21 Å². The molecule has 4 heteroatoms. The van der Waals surface area contributed by atoms with Gasteiger partial charge in [0.2, 0.25) is 0 Å². The van der Waals surface area contributed by atoms with E-state index in [4.69, 9.17) is 5.73 Å². The maximum absolute atomic E-state index is 11.3. The van der Waals surface area contributed by atoms with E-state index in [1.807, 2.05) is 0 Å². The van der Waals surface area contributed by atoms with Crippen molar-refractivity contribution in [2.24, 2.45) is 17.1 Å². The van der Waals surface area contributed by atoms with E-state index in [0.29, 0.717) is 11.3 Å². The van der Waals surface area contributed by atoms with Crippen molar-refractivity contribution >= 4 is 11.0 Å². The molecule has 3 atom stereocenters. The second-order valence-electron chi connectivity index (χ2n) is 4.40. The van der Waals surface area contributed by atoms with E-state index in [1.165, 1.54) is 19.3 Å². The summed E-state index contributed by atoms with van der Waals surface area (Å²) in [6.45, 7) is 2.73. The van der Waals surface area contributed by atoms with Gasteiger partial charge in [0.15, 0.2) is 0 Å². The zero-order chi connectivity index (χ0) is 9.47. The summed E-state index contributed by atoms with van der Waals surface area (Å²) in [7, 11) is -0.800. The molecule has 2 rings (SSSR count). The molecule has 1 saturated carbocycles. The van der Waals surface area contributed by atoms with E-state index >= 15 is 0 Å². The highest BCUT2D eigenvalue weighted by molar-refractivity contribution is 7.81. The van der Waals surface area contributed by atoms with Gasteiger partial charge in [-0.25, -0.2) is 8.51 Å². The minimum Gasteiger partial charge on any atom is -0.330 e. The van der Waals surface area contributed by atoms with Gasteiger partial charge in [-0.2, -0.15) is 0 Å². The average molecular weight is 202 g/mol. The third kappa shape index (κ3) is 1.45. The molecule has 0 aromatic carbocycles. The summed E-state index contributed by atoms with van der Waals surface area (Å²) in [4.78, 5) is 0. The summed E-state index contributed by atoms with van der Waals surface area (Å²) in [6, 6.07) is 0. The molecule has 2 aliphatic rings. The Morgan fingerprint density at radius 2 is 2.46 bits per heavy atom. The van der Waals surface area contributed by atoms with Crippen molar-refractivity contribution in [3.63, 3.8) is 0 Å². The van der Waals surface area contributed by atoms with E-state index in [0.717, 1.165) is 19.6 Å². The standard InChI is InChI=1S/C9H18N2OS/c1-13(12)11-5-8-3-2-4-9(8,6-10)7-11/h8H,2-7,10H2,1H3/t8-,9-,13?/m0/s1. The lowest BCUT2D eigenvalue weighted by Crippen LogP contribution is -2.35. The highest BCUT2D eigenvalue weighted by Crippen LogP contribution is 2.48. The highest BCUT2D eigenvalue weighted by Gasteiger charge is 2.49. The minimum atomic E-state index is -0.800. The molecule has 0 aromatic heterocycles. The van der Waals surface area contributed by atoms with E-state index in [-0.39, 0.29) is 0 Å². The maximum Gasteiger partial charge on any atom is 0.0911 e. The molecule has 1 aliphatic heterocycles. The molecule has 0 amide bonds. The van der Waals surface area contributed by atoms with Crippen molar-refractivity contribution in [1.82, 2.24) is 4.31 Å². The minimum absolute atomic E-state index is 0.311. The lowest BCUT2D eigenvalue weighted by Gasteiger charge is -2.26. The van der Waals surface area contributed by atoms with E-state index < -0.39 is 11.0 Å². The van der Waals surface area contributed by atoms with Crippen LogP contribution in [-0.4, -0.2) is 34.4 Å². The van der Waals surface area contributed by atoms with Crippen LogP contribution >= 0.6 is 0 Å². The zero-order valence-corrected chi connectivity index (χ0v) is 8.98. The van der Waals surface area contributed by atoms with Crippen LogP contribution in [0.3, 0.4) is 0 Å². The second kappa shape index (κ2) is 3.33. The fourth-order valence-electron chi connectivity index (χ4n) is 2.89. The average Bonchev–Trinajstić information content (AvgIpc) is 2.58. The number of hydrogen-bond donors (Lipinski definition) is 1. The van der Waals surface area contributed by atoms with Crippen LogP contribution in [0.4, 0.5) is 0 Å². The summed E-state index contributed by atoms with van der Waals surface area (Å²) in [5.74, 6) is 0.710. The molecule has 1 unspecified atom stereocenters. The first-order chi connectivity index (χ1) is 6.18. The molecule has 2 N–H and O–H groups in total. The van der Waals surface area contributed by atoms with Crippen LogP contribution < -0.4 is 5.73 Å². The summed E-state index contributed by atoms with van der Waals surface area (Å²) in [5.41, 5.74) is 6.16. The van der Waals surface area contributed by atoms with E-state index in [2.05, 4.69) is 4.31 Å². The van der Waals surface area contributed by atoms with Gasteiger partial charge in [0.1, 0.15) is 0 Å². The van der Waals surface area contributed by atoms with Crippen molar-refractivity contribution in [3.05, 3.63) is 0 Å². The fourth-order valence-corrected chi connectivity index (χ4v) is 3.72. The number of fused-ring (bicyclic) bond motifs is 1. The molecule has 2 fully saturated rings. The first-order valence-corrected chi connectivity index (χ1v) is 6.48. The Morgan fingerprint density at radius 1 is 1.69 bits per heavy atom. The number of nitrogens with two attached hydrogens (primary N) is 1. The Hall–Kier alpha value is 0.0700. The maximum atomic E-state index is 11.3. The van der Waals surface area contributed by atoms with Gasteiger partial charge in [0, 0.05) is 24.8 Å². The third-order valence-corrected chi connectivity index (χ3v) is 4.78. The van der Waals surface area contributed by atoms with Crippen LogP contribution in [0.1, 0.15) is 19.3 Å². The van der Waals surface area contributed by atoms with Gasteiger partial charge in [-0.05, 0) is 25.3 Å². The number of hydrogen-bond acceptors (Lipinski definition) is 2. The van der Waals surface area contributed by atoms with Gasteiger partial charge in [-0.15, -0.1) is 0 Å². The topological polar surface area (TPSA) is 46.3 Å². The summed E-state index contributed by atoms with van der Waals surface area (Å²) in [6.07, 6.45) is 5.60. The molecule has 0 radical (unpaired) electrons. The van der Waals surface area contributed by atoms with Gasteiger partial charge in [0.25, 0.3) is 0 Å². The molecule has 0 bridgehead atoms. The zero-order valence-electron chi connectivity index (χ0n) is 8.16. The highest BCUT2D eigenvalue weighted by atomic mass is 32.2. The molecule has 3 nitrogen and oxygen atoms in total. The SMILES string of the molecule is CS(=O)N1C[C@@H]2CCC[C@]2(CN)C1. The summed E-state index contributed by atoms with van der Waals surface area (Å²) in [5, 5.41) is 0. The van der Waals surface area contributed by atoms with Crippen molar-refractivity contribution in [1.29, 1.82) is 0 Å². The predicted molar refractivity (Wildman–Crippen MR) is 54.5 cm³/mol. The van der Waals surface area contributed by atoms with Crippen molar-refractivity contribution in [2.75, 3.05) is 25.9 Å². The van der Waals surface area contributed by atoms with Gasteiger partial charge < -0.3 is 5.73 Å². The Labute approximate surface area is 82.3 Å². The number of nitrogens with zero attached hydrogens (tertiary/aromatic N) is 1. The Bertz CT molecular complexity index is 234. The van der Waals surface area contributed by atoms with Crippen LogP contribution in [0.2, 0.25) is 0 Å². The Morgan fingerprint density at radius 3 is 3.00 bits per heavy atom. The normalized spacial score (nSPS) is 42.2. The Kier molecular flexibility index (Phi) is 2.47. The molecule has 1 aliphatic carbocycles. The summed E-state index contributed by atoms with van der Waals surface area (Å²) >= 11 is 0. The van der Waals surface area contributed by atoms with Crippen molar-refractivity contribution < 1.29 is 4.21 Å². The van der Waals surface area contributed by atoms with Crippen molar-refractivity contribution in [2.45, 2.75) is 19.3 Å². The van der Waals surface area contributed by atoms with Crippen LogP contribution in [-0.2, 0) is 11.0 Å². The first kappa shape index (κ1) is 9.62. The molecule has 13 heavy (non-hydrogen) atoms. The van der Waals surface area contributed by atoms with Crippen LogP contribution in [0, 0.1) is 11.3 Å². The molecular weight excluding hydrogens is 184 g/mol. The van der Waals surface area contributed by atoms with Gasteiger partial charge in [-0.3, -0.25) is 0 Å². The summed E-state index contributed by atoms with van der Waals surface area (Å²) < 4.78 is 13.4.